The van der Waals surface area contributed by atoms with E-state index in [2.05, 4.69) is 19.2 Å². The van der Waals surface area contributed by atoms with Crippen molar-refractivity contribution in [1.29, 1.82) is 0 Å². The van der Waals surface area contributed by atoms with Crippen LogP contribution in [-0.4, -0.2) is 37.5 Å². The van der Waals surface area contributed by atoms with Crippen molar-refractivity contribution >= 4 is 0 Å². The van der Waals surface area contributed by atoms with E-state index >= 15 is 0 Å². The van der Waals surface area contributed by atoms with Gasteiger partial charge in [0.1, 0.15) is 0 Å². The number of hydrogen-bond acceptors (Lipinski definition) is 3. The first-order valence-corrected chi connectivity index (χ1v) is 6.52. The van der Waals surface area contributed by atoms with Gasteiger partial charge in [-0.2, -0.15) is 0 Å². The zero-order valence-electron chi connectivity index (χ0n) is 10.6. The number of aliphatic hydroxyl groups is 1. The van der Waals surface area contributed by atoms with E-state index < -0.39 is 0 Å². The summed E-state index contributed by atoms with van der Waals surface area (Å²) in [6.07, 6.45) is 4.66. The van der Waals surface area contributed by atoms with Gasteiger partial charge in [0.05, 0.1) is 6.61 Å². The Morgan fingerprint density at radius 2 is 1.88 bits per heavy atom. The fraction of sp³-hybridized carbons (Fsp3) is 1.00. The molecule has 1 saturated heterocycles. The van der Waals surface area contributed by atoms with Gasteiger partial charge in [0.2, 0.25) is 0 Å². The molecule has 0 aromatic rings. The molecule has 1 aliphatic heterocycles. The van der Waals surface area contributed by atoms with Gasteiger partial charge in [0, 0.05) is 31.2 Å². The predicted octanol–water partition coefficient (Wildman–Crippen LogP) is 1.55. The first kappa shape index (κ1) is 12.3. The van der Waals surface area contributed by atoms with Crippen LogP contribution in [-0.2, 0) is 4.74 Å². The third kappa shape index (κ3) is 2.58. The summed E-state index contributed by atoms with van der Waals surface area (Å²) in [5.41, 5.74) is 0.583. The van der Waals surface area contributed by atoms with E-state index in [9.17, 15) is 5.11 Å². The highest BCUT2D eigenvalue weighted by Gasteiger charge is 2.43. The molecule has 0 bridgehead atoms. The van der Waals surface area contributed by atoms with Crippen LogP contribution >= 0.6 is 0 Å². The van der Waals surface area contributed by atoms with Crippen molar-refractivity contribution in [1.82, 2.24) is 5.32 Å². The minimum atomic E-state index is 0.0672. The van der Waals surface area contributed by atoms with Gasteiger partial charge in [-0.1, -0.05) is 6.92 Å². The van der Waals surface area contributed by atoms with Crippen molar-refractivity contribution in [2.75, 3.05) is 26.4 Å². The van der Waals surface area contributed by atoms with Crippen LogP contribution in [0.3, 0.4) is 0 Å². The van der Waals surface area contributed by atoms with Gasteiger partial charge < -0.3 is 15.2 Å². The van der Waals surface area contributed by atoms with Crippen molar-refractivity contribution in [3.8, 4) is 0 Å². The molecule has 0 amide bonds. The monoisotopic (exact) mass is 227 g/mol. The molecule has 2 aliphatic rings. The van der Waals surface area contributed by atoms with Gasteiger partial charge in [-0.25, -0.2) is 0 Å². The van der Waals surface area contributed by atoms with Crippen LogP contribution in [0, 0.1) is 10.8 Å². The Morgan fingerprint density at radius 1 is 1.25 bits per heavy atom. The summed E-state index contributed by atoms with van der Waals surface area (Å²) in [7, 11) is 0. The van der Waals surface area contributed by atoms with Gasteiger partial charge in [-0.15, -0.1) is 0 Å². The molecule has 0 aromatic carbocycles. The maximum atomic E-state index is 9.58. The molecule has 1 atom stereocenters. The highest BCUT2D eigenvalue weighted by molar-refractivity contribution is 4.97. The number of ether oxygens (including phenoxy) is 1. The van der Waals surface area contributed by atoms with Crippen LogP contribution in [0.25, 0.3) is 0 Å². The molecular weight excluding hydrogens is 202 g/mol. The van der Waals surface area contributed by atoms with E-state index in [1.165, 1.54) is 12.8 Å². The molecule has 2 fully saturated rings. The van der Waals surface area contributed by atoms with Crippen LogP contribution in [0.1, 0.15) is 39.5 Å². The normalized spacial score (nSPS) is 28.7. The average Bonchev–Trinajstić information content (AvgIpc) is 3.07. The van der Waals surface area contributed by atoms with E-state index in [4.69, 9.17) is 4.74 Å². The molecule has 2 N–H and O–H groups in total. The number of rotatable bonds is 5. The summed E-state index contributed by atoms with van der Waals surface area (Å²) >= 11 is 0. The van der Waals surface area contributed by atoms with Crippen LogP contribution in [0.5, 0.6) is 0 Å². The first-order valence-electron chi connectivity index (χ1n) is 6.52. The summed E-state index contributed by atoms with van der Waals surface area (Å²) in [6.45, 7) is 7.44. The van der Waals surface area contributed by atoms with E-state index in [0.29, 0.717) is 11.5 Å². The second-order valence-electron chi connectivity index (χ2n) is 6.03. The lowest BCUT2D eigenvalue weighted by Gasteiger charge is -2.37. The van der Waals surface area contributed by atoms with Crippen molar-refractivity contribution in [3.63, 3.8) is 0 Å². The van der Waals surface area contributed by atoms with Crippen LogP contribution in [0.2, 0.25) is 0 Å². The molecule has 0 aromatic heterocycles. The SMILES string of the molecule is CC(NCC1(CO)CCOCC1)C1(C)CC1. The Hall–Kier alpha value is -0.120. The van der Waals surface area contributed by atoms with Crippen molar-refractivity contribution in [3.05, 3.63) is 0 Å². The molecule has 0 spiro atoms. The molecule has 0 radical (unpaired) electrons. The highest BCUT2D eigenvalue weighted by Crippen LogP contribution is 2.48. The Labute approximate surface area is 98.6 Å². The van der Waals surface area contributed by atoms with E-state index in [0.717, 1.165) is 32.6 Å². The highest BCUT2D eigenvalue weighted by atomic mass is 16.5. The Kier molecular flexibility index (Phi) is 3.57. The lowest BCUT2D eigenvalue weighted by Crippen LogP contribution is -2.46. The van der Waals surface area contributed by atoms with E-state index in [-0.39, 0.29) is 12.0 Å². The fourth-order valence-corrected chi connectivity index (χ4v) is 2.44. The summed E-state index contributed by atoms with van der Waals surface area (Å²) in [6, 6.07) is 0.568. The second-order valence-corrected chi connectivity index (χ2v) is 6.03. The van der Waals surface area contributed by atoms with Crippen LogP contribution in [0.15, 0.2) is 0 Å². The predicted molar refractivity (Wildman–Crippen MR) is 64.4 cm³/mol. The Bertz CT molecular complexity index is 232. The largest absolute Gasteiger partial charge is 0.396 e. The van der Waals surface area contributed by atoms with Crippen molar-refractivity contribution < 1.29 is 9.84 Å². The maximum absolute atomic E-state index is 9.58. The first-order chi connectivity index (χ1) is 7.60. The molecule has 1 unspecified atom stereocenters. The lowest BCUT2D eigenvalue weighted by molar-refractivity contribution is -0.0172. The molecular formula is C13H25NO2. The van der Waals surface area contributed by atoms with Crippen molar-refractivity contribution in [2.45, 2.75) is 45.6 Å². The molecule has 1 aliphatic carbocycles. The summed E-state index contributed by atoms with van der Waals surface area (Å²) in [5.74, 6) is 0. The average molecular weight is 227 g/mol. The maximum Gasteiger partial charge on any atom is 0.0501 e. The van der Waals surface area contributed by atoms with Gasteiger partial charge in [0.25, 0.3) is 0 Å². The molecule has 16 heavy (non-hydrogen) atoms. The summed E-state index contributed by atoms with van der Waals surface area (Å²) in [5, 5.41) is 13.2. The molecule has 1 saturated carbocycles. The Balaban J connectivity index is 1.82. The van der Waals surface area contributed by atoms with E-state index in [1.54, 1.807) is 0 Å². The Morgan fingerprint density at radius 3 is 2.38 bits per heavy atom. The van der Waals surface area contributed by atoms with Gasteiger partial charge >= 0.3 is 0 Å². The minimum absolute atomic E-state index is 0.0672. The lowest BCUT2D eigenvalue weighted by atomic mass is 9.80. The fourth-order valence-electron chi connectivity index (χ4n) is 2.44. The molecule has 3 heteroatoms. The number of hydrogen-bond donors (Lipinski definition) is 2. The van der Waals surface area contributed by atoms with Gasteiger partial charge in [0.15, 0.2) is 0 Å². The van der Waals surface area contributed by atoms with Crippen LogP contribution in [0.4, 0.5) is 0 Å². The van der Waals surface area contributed by atoms with Crippen molar-refractivity contribution in [2.24, 2.45) is 10.8 Å². The second kappa shape index (κ2) is 4.63. The minimum Gasteiger partial charge on any atom is -0.396 e. The topological polar surface area (TPSA) is 41.5 Å². The molecule has 3 nitrogen and oxygen atoms in total. The smallest absolute Gasteiger partial charge is 0.0501 e. The van der Waals surface area contributed by atoms with E-state index in [1.807, 2.05) is 0 Å². The third-order valence-corrected chi connectivity index (χ3v) is 4.76. The van der Waals surface area contributed by atoms with Gasteiger partial charge in [-0.3, -0.25) is 0 Å². The number of aliphatic hydroxyl groups excluding tert-OH is 1. The zero-order chi connectivity index (χ0) is 11.6. The summed E-state index contributed by atoms with van der Waals surface area (Å²) in [4.78, 5) is 0. The van der Waals surface area contributed by atoms with Crippen LogP contribution < -0.4 is 5.32 Å². The zero-order valence-corrected chi connectivity index (χ0v) is 10.6. The summed E-state index contributed by atoms with van der Waals surface area (Å²) < 4.78 is 5.37. The molecule has 94 valence electrons. The standard InChI is InChI=1S/C13H25NO2/c1-11(12(2)3-4-12)14-9-13(10-15)5-7-16-8-6-13/h11,14-15H,3-10H2,1-2H3. The molecule has 2 rings (SSSR count). The quantitative estimate of drug-likeness (QED) is 0.749. The number of nitrogens with one attached hydrogen (secondary N) is 1. The third-order valence-electron chi connectivity index (χ3n) is 4.76. The van der Waals surface area contributed by atoms with Gasteiger partial charge in [-0.05, 0) is 38.0 Å². The molecule has 1 heterocycles.